The molecular weight excluding hydrogens is 608 g/mol. The van der Waals surface area contributed by atoms with Crippen molar-refractivity contribution in [2.24, 2.45) is 23.3 Å². The second-order valence-electron chi connectivity index (χ2n) is 19.2. The molecule has 0 unspecified atom stereocenters. The first-order valence-electron chi connectivity index (χ1n) is 18.7. The third kappa shape index (κ3) is 8.48. The van der Waals surface area contributed by atoms with Crippen LogP contribution in [0.3, 0.4) is 0 Å². The molecule has 0 aliphatic heterocycles. The van der Waals surface area contributed by atoms with Crippen molar-refractivity contribution in [1.82, 2.24) is 0 Å². The molecule has 0 heterocycles. The van der Waals surface area contributed by atoms with Crippen LogP contribution in [0.2, 0.25) is 0 Å². The summed E-state index contributed by atoms with van der Waals surface area (Å²) in [5, 5.41) is 0. The van der Waals surface area contributed by atoms with Gasteiger partial charge in [-0.2, -0.15) is 0 Å². The number of amides is 2. The monoisotopic (exact) mass is 675 g/mol. The lowest BCUT2D eigenvalue weighted by molar-refractivity contribution is 0.0270. The first-order chi connectivity index (χ1) is 22.5. The van der Waals surface area contributed by atoms with Gasteiger partial charge in [-0.05, 0) is 118 Å². The van der Waals surface area contributed by atoms with Gasteiger partial charge in [-0.25, -0.2) is 9.59 Å². The number of hydrogen-bond donors (Lipinski definition) is 2. The Morgan fingerprint density at radius 1 is 0.490 bits per heavy atom. The summed E-state index contributed by atoms with van der Waals surface area (Å²) in [6.07, 6.45) is 5.11. The number of hydrogen-bond acceptors (Lipinski definition) is 4. The molecule has 6 nitrogen and oxygen atoms in total. The van der Waals surface area contributed by atoms with Gasteiger partial charge < -0.3 is 20.9 Å². The molecule has 272 valence electrons. The van der Waals surface area contributed by atoms with E-state index in [1.807, 2.05) is 0 Å². The molecule has 0 radical (unpaired) electrons. The predicted molar refractivity (Wildman–Crippen MR) is 201 cm³/mol. The van der Waals surface area contributed by atoms with E-state index in [1.54, 1.807) is 0 Å². The summed E-state index contributed by atoms with van der Waals surface area (Å²) in [6, 6.07) is 14.7. The van der Waals surface area contributed by atoms with Gasteiger partial charge in [0, 0.05) is 5.41 Å². The van der Waals surface area contributed by atoms with Crippen molar-refractivity contribution >= 4 is 12.2 Å². The van der Waals surface area contributed by atoms with Gasteiger partial charge in [0.1, 0.15) is 12.2 Å². The van der Waals surface area contributed by atoms with Gasteiger partial charge in [0.05, 0.1) is 0 Å². The van der Waals surface area contributed by atoms with Crippen LogP contribution >= 0.6 is 0 Å². The fourth-order valence-electron chi connectivity index (χ4n) is 8.94. The molecule has 2 aromatic carbocycles. The van der Waals surface area contributed by atoms with Crippen molar-refractivity contribution in [2.45, 2.75) is 174 Å². The lowest BCUT2D eigenvalue weighted by Gasteiger charge is -2.54. The quantitative estimate of drug-likeness (QED) is 0.318. The van der Waals surface area contributed by atoms with Gasteiger partial charge in [0.2, 0.25) is 0 Å². The summed E-state index contributed by atoms with van der Waals surface area (Å²) in [6.45, 7) is 27.9. The smallest absolute Gasteiger partial charge is 0.404 e. The van der Waals surface area contributed by atoms with Crippen molar-refractivity contribution in [1.29, 1.82) is 0 Å². The van der Waals surface area contributed by atoms with Gasteiger partial charge >= 0.3 is 12.2 Å². The zero-order chi connectivity index (χ0) is 36.7. The standard InChI is InChI=1S/C43H66N2O4/c1-39(2,3)29-17-23-33(35(25-29)41(7,8)9)43(27-13-19-31(20-14-27)48-37(44)46,28-15-21-32(22-16-28)49-38(45)47)34-24-18-30(40(4,5)6)26-36(34)42(10,11)12/h17-18,23-28,31-32H,13-16,19-22H2,1-12H3,(H2,44,46)(H2,45,47). The van der Waals surface area contributed by atoms with E-state index in [1.165, 1.54) is 33.4 Å². The number of nitrogens with two attached hydrogens (primary N) is 2. The molecule has 2 amide bonds. The summed E-state index contributed by atoms with van der Waals surface area (Å²) < 4.78 is 11.2. The molecule has 2 aliphatic rings. The molecule has 0 aromatic heterocycles. The highest BCUT2D eigenvalue weighted by molar-refractivity contribution is 5.65. The van der Waals surface area contributed by atoms with Crippen LogP contribution in [-0.2, 0) is 36.5 Å². The summed E-state index contributed by atoms with van der Waals surface area (Å²) in [7, 11) is 0. The highest BCUT2D eigenvalue weighted by Crippen LogP contribution is 2.58. The van der Waals surface area contributed by atoms with Crippen molar-refractivity contribution < 1.29 is 19.1 Å². The number of rotatable bonds is 6. The Balaban J connectivity index is 2.12. The zero-order valence-electron chi connectivity index (χ0n) is 32.7. The molecule has 6 heteroatoms. The molecule has 2 aromatic rings. The maximum absolute atomic E-state index is 11.8. The van der Waals surface area contributed by atoms with E-state index >= 15 is 0 Å². The molecule has 0 bridgehead atoms. The minimum absolute atomic E-state index is 0.000433. The van der Waals surface area contributed by atoms with Gasteiger partial charge in [0.25, 0.3) is 0 Å². The average molecular weight is 675 g/mol. The van der Waals surface area contributed by atoms with E-state index in [0.717, 1.165) is 51.4 Å². The second kappa shape index (κ2) is 13.9. The van der Waals surface area contributed by atoms with Crippen LogP contribution in [-0.4, -0.2) is 24.4 Å². The lowest BCUT2D eigenvalue weighted by Crippen LogP contribution is -2.50. The summed E-state index contributed by atoms with van der Waals surface area (Å²) >= 11 is 0. The van der Waals surface area contributed by atoms with Crippen LogP contribution in [0.4, 0.5) is 9.59 Å². The Morgan fingerprint density at radius 3 is 1.04 bits per heavy atom. The summed E-state index contributed by atoms with van der Waals surface area (Å²) in [4.78, 5) is 23.7. The molecule has 4 rings (SSSR count). The lowest BCUT2D eigenvalue weighted by atomic mass is 9.50. The van der Waals surface area contributed by atoms with Gasteiger partial charge in [-0.1, -0.05) is 119 Å². The minimum Gasteiger partial charge on any atom is -0.446 e. The topological polar surface area (TPSA) is 105 Å². The first kappa shape index (κ1) is 38.8. The van der Waals surface area contributed by atoms with Crippen molar-refractivity contribution in [3.05, 3.63) is 69.8 Å². The van der Waals surface area contributed by atoms with E-state index in [-0.39, 0.29) is 39.3 Å². The number of ether oxygens (including phenoxy) is 2. The molecule has 4 N–H and O–H groups in total. The van der Waals surface area contributed by atoms with E-state index < -0.39 is 12.2 Å². The average Bonchev–Trinajstić information content (AvgIpc) is 2.96. The van der Waals surface area contributed by atoms with Gasteiger partial charge in [-0.15, -0.1) is 0 Å². The van der Waals surface area contributed by atoms with Crippen LogP contribution in [0.15, 0.2) is 36.4 Å². The molecule has 2 saturated carbocycles. The maximum atomic E-state index is 11.8. The fourth-order valence-corrected chi connectivity index (χ4v) is 8.94. The summed E-state index contributed by atoms with van der Waals surface area (Å²) in [5.41, 5.74) is 18.8. The van der Waals surface area contributed by atoms with Crippen LogP contribution in [0, 0.1) is 11.8 Å². The van der Waals surface area contributed by atoms with E-state index in [0.29, 0.717) is 11.8 Å². The van der Waals surface area contributed by atoms with Crippen LogP contribution in [0.1, 0.15) is 168 Å². The number of carbonyl (C=O) groups is 2. The molecule has 49 heavy (non-hydrogen) atoms. The van der Waals surface area contributed by atoms with E-state index in [4.69, 9.17) is 20.9 Å². The molecule has 0 saturated heterocycles. The predicted octanol–water partition coefficient (Wildman–Crippen LogP) is 10.5. The third-order valence-corrected chi connectivity index (χ3v) is 11.5. The Bertz CT molecular complexity index is 1370. The number of carbonyl (C=O) groups excluding carboxylic acids is 2. The minimum atomic E-state index is -0.692. The molecule has 2 aliphatic carbocycles. The SMILES string of the molecule is CC(C)(C)c1ccc(C(c2ccc(C(C)(C)C)cc2C(C)(C)C)(C2CCC(OC(N)=O)CC2)C2CCC(OC(N)=O)CC2)c(C(C)(C)C)c1. The van der Waals surface area contributed by atoms with Crippen molar-refractivity contribution in [3.8, 4) is 0 Å². The highest BCUT2D eigenvalue weighted by atomic mass is 16.6. The highest BCUT2D eigenvalue weighted by Gasteiger charge is 2.53. The zero-order valence-corrected chi connectivity index (χ0v) is 32.7. The second-order valence-corrected chi connectivity index (χ2v) is 19.2. The van der Waals surface area contributed by atoms with Gasteiger partial charge in [-0.3, -0.25) is 0 Å². The Kier molecular flexibility index (Phi) is 11.0. The normalized spacial score (nSPS) is 22.8. The van der Waals surface area contributed by atoms with Crippen LogP contribution in [0.5, 0.6) is 0 Å². The molecule has 0 spiro atoms. The van der Waals surface area contributed by atoms with Crippen molar-refractivity contribution in [3.63, 3.8) is 0 Å². The maximum Gasteiger partial charge on any atom is 0.404 e. The van der Waals surface area contributed by atoms with E-state index in [9.17, 15) is 9.59 Å². The molecular formula is C43H66N2O4. The summed E-state index contributed by atoms with van der Waals surface area (Å²) in [5.74, 6) is 0.587. The largest absolute Gasteiger partial charge is 0.446 e. The Morgan fingerprint density at radius 2 is 0.796 bits per heavy atom. The molecule has 0 atom stereocenters. The fraction of sp³-hybridized carbons (Fsp3) is 0.674. The number of primary amides is 2. The van der Waals surface area contributed by atoms with E-state index in [2.05, 4.69) is 119 Å². The van der Waals surface area contributed by atoms with Crippen LogP contribution < -0.4 is 11.5 Å². The molecule has 2 fully saturated rings. The number of benzene rings is 2. The third-order valence-electron chi connectivity index (χ3n) is 11.5. The first-order valence-corrected chi connectivity index (χ1v) is 18.7. The van der Waals surface area contributed by atoms with Gasteiger partial charge in [0.15, 0.2) is 0 Å². The van der Waals surface area contributed by atoms with Crippen LogP contribution in [0.25, 0.3) is 0 Å². The Hall–Kier alpha value is -3.02. The Labute approximate surface area is 297 Å². The van der Waals surface area contributed by atoms with Crippen molar-refractivity contribution in [2.75, 3.05) is 0 Å².